The van der Waals surface area contributed by atoms with Crippen LogP contribution in [0.3, 0.4) is 0 Å². The monoisotopic (exact) mass is 244 g/mol. The summed E-state index contributed by atoms with van der Waals surface area (Å²) in [4.78, 5) is 15.3. The first-order chi connectivity index (χ1) is 8.78. The molecule has 1 heterocycles. The molecule has 0 spiro atoms. The van der Waals surface area contributed by atoms with Crippen LogP contribution < -0.4 is 10.6 Å². The van der Waals surface area contributed by atoms with Crippen LogP contribution in [-0.4, -0.2) is 23.5 Å². The highest BCUT2D eigenvalue weighted by atomic mass is 16.1. The molecule has 1 aliphatic rings. The molecule has 18 heavy (non-hydrogen) atoms. The summed E-state index contributed by atoms with van der Waals surface area (Å²) < 4.78 is 0. The van der Waals surface area contributed by atoms with Gasteiger partial charge in [0.2, 0.25) is 5.91 Å². The zero-order valence-corrected chi connectivity index (χ0v) is 10.1. The molecule has 5 nitrogen and oxygen atoms in total. The van der Waals surface area contributed by atoms with Gasteiger partial charge in [-0.15, -0.1) is 0 Å². The minimum Gasteiger partial charge on any atom is -0.353 e. The van der Waals surface area contributed by atoms with Gasteiger partial charge in [-0.2, -0.15) is 5.26 Å². The first-order valence-electron chi connectivity index (χ1n) is 6.13. The van der Waals surface area contributed by atoms with Gasteiger partial charge < -0.3 is 10.6 Å². The van der Waals surface area contributed by atoms with E-state index in [-0.39, 0.29) is 5.91 Å². The largest absolute Gasteiger partial charge is 0.353 e. The fourth-order valence-corrected chi connectivity index (χ4v) is 1.61. The Morgan fingerprint density at radius 3 is 3.11 bits per heavy atom. The van der Waals surface area contributed by atoms with Crippen LogP contribution in [-0.2, 0) is 11.3 Å². The first kappa shape index (κ1) is 12.5. The van der Waals surface area contributed by atoms with Crippen molar-refractivity contribution >= 4 is 5.91 Å². The second-order valence-corrected chi connectivity index (χ2v) is 4.43. The van der Waals surface area contributed by atoms with Gasteiger partial charge in [0.25, 0.3) is 0 Å². The van der Waals surface area contributed by atoms with E-state index in [1.54, 1.807) is 12.3 Å². The maximum absolute atomic E-state index is 11.4. The molecule has 0 bridgehead atoms. The maximum Gasteiger partial charge on any atom is 0.221 e. The summed E-state index contributed by atoms with van der Waals surface area (Å²) in [6, 6.07) is 6.03. The lowest BCUT2D eigenvalue weighted by atomic mass is 10.2. The van der Waals surface area contributed by atoms with Crippen molar-refractivity contribution in [3.05, 3.63) is 29.6 Å². The number of carbonyl (C=O) groups is 1. The molecule has 1 aromatic heterocycles. The number of amides is 1. The van der Waals surface area contributed by atoms with Crippen LogP contribution in [0.1, 0.15) is 30.5 Å². The van der Waals surface area contributed by atoms with Crippen molar-refractivity contribution in [3.8, 4) is 6.07 Å². The third-order valence-corrected chi connectivity index (χ3v) is 2.74. The van der Waals surface area contributed by atoms with Crippen molar-refractivity contribution in [2.24, 2.45) is 0 Å². The smallest absolute Gasteiger partial charge is 0.221 e. The van der Waals surface area contributed by atoms with Crippen molar-refractivity contribution in [1.82, 2.24) is 15.6 Å². The third-order valence-electron chi connectivity index (χ3n) is 2.74. The minimum absolute atomic E-state index is 0.109. The summed E-state index contributed by atoms with van der Waals surface area (Å²) in [5, 5.41) is 14.8. The van der Waals surface area contributed by atoms with Gasteiger partial charge in [-0.25, -0.2) is 4.98 Å². The van der Waals surface area contributed by atoms with Crippen LogP contribution in [0, 0.1) is 11.3 Å². The Morgan fingerprint density at radius 1 is 1.56 bits per heavy atom. The third kappa shape index (κ3) is 4.15. The molecule has 1 aliphatic carbocycles. The molecule has 1 amide bonds. The Bertz CT molecular complexity index is 462. The van der Waals surface area contributed by atoms with Crippen LogP contribution >= 0.6 is 0 Å². The zero-order chi connectivity index (χ0) is 12.8. The quantitative estimate of drug-likeness (QED) is 0.722. The summed E-state index contributed by atoms with van der Waals surface area (Å²) in [6.07, 6.45) is 4.35. The van der Waals surface area contributed by atoms with Gasteiger partial charge in [0.05, 0.1) is 0 Å². The van der Waals surface area contributed by atoms with E-state index in [0.717, 1.165) is 18.4 Å². The van der Waals surface area contributed by atoms with E-state index in [4.69, 9.17) is 5.26 Å². The fourth-order valence-electron chi connectivity index (χ4n) is 1.61. The molecule has 1 fully saturated rings. The van der Waals surface area contributed by atoms with E-state index >= 15 is 0 Å². The van der Waals surface area contributed by atoms with Gasteiger partial charge in [0.1, 0.15) is 11.8 Å². The lowest BCUT2D eigenvalue weighted by Crippen LogP contribution is -2.29. The van der Waals surface area contributed by atoms with Crippen LogP contribution in [0.4, 0.5) is 0 Å². The number of nitriles is 1. The summed E-state index contributed by atoms with van der Waals surface area (Å²) >= 11 is 0. The molecule has 0 aliphatic heterocycles. The number of carbonyl (C=O) groups excluding carboxylic acids is 1. The van der Waals surface area contributed by atoms with Crippen molar-refractivity contribution < 1.29 is 4.79 Å². The standard InChI is InChI=1S/C13H16N4O/c14-8-12-7-10(3-6-16-12)9-15-5-4-13(18)17-11-1-2-11/h3,6-7,11,15H,1-2,4-5,9H2,(H,17,18). The maximum atomic E-state index is 11.4. The minimum atomic E-state index is 0.109. The molecule has 2 N–H and O–H groups in total. The number of hydrogen-bond acceptors (Lipinski definition) is 4. The molecule has 0 radical (unpaired) electrons. The SMILES string of the molecule is N#Cc1cc(CNCCC(=O)NC2CC2)ccn1. The predicted octanol–water partition coefficient (Wildman–Crippen LogP) is 0.712. The zero-order valence-electron chi connectivity index (χ0n) is 10.1. The van der Waals surface area contributed by atoms with Crippen LogP contribution in [0.2, 0.25) is 0 Å². The number of aromatic nitrogens is 1. The highest BCUT2D eigenvalue weighted by molar-refractivity contribution is 5.76. The predicted molar refractivity (Wildman–Crippen MR) is 66.4 cm³/mol. The summed E-state index contributed by atoms with van der Waals surface area (Å²) in [5.74, 6) is 0.109. The van der Waals surface area contributed by atoms with Crippen molar-refractivity contribution in [1.29, 1.82) is 5.26 Å². The van der Waals surface area contributed by atoms with Crippen molar-refractivity contribution in [2.45, 2.75) is 31.8 Å². The Balaban J connectivity index is 1.65. The van der Waals surface area contributed by atoms with E-state index in [2.05, 4.69) is 15.6 Å². The second-order valence-electron chi connectivity index (χ2n) is 4.43. The van der Waals surface area contributed by atoms with Gasteiger partial charge in [0.15, 0.2) is 0 Å². The molecule has 94 valence electrons. The molecule has 0 atom stereocenters. The van der Waals surface area contributed by atoms with Gasteiger partial charge in [-0.3, -0.25) is 4.79 Å². The van der Waals surface area contributed by atoms with Crippen LogP contribution in [0.5, 0.6) is 0 Å². The Morgan fingerprint density at radius 2 is 2.39 bits per heavy atom. The molecule has 1 aromatic rings. The second kappa shape index (κ2) is 6.12. The van der Waals surface area contributed by atoms with Gasteiger partial charge >= 0.3 is 0 Å². The Hall–Kier alpha value is -1.93. The highest BCUT2D eigenvalue weighted by Gasteiger charge is 2.22. The lowest BCUT2D eigenvalue weighted by molar-refractivity contribution is -0.121. The number of nitrogens with one attached hydrogen (secondary N) is 2. The molecule has 0 saturated heterocycles. The summed E-state index contributed by atoms with van der Waals surface area (Å²) in [7, 11) is 0. The van der Waals surface area contributed by atoms with Crippen molar-refractivity contribution in [2.75, 3.05) is 6.54 Å². The van der Waals surface area contributed by atoms with Gasteiger partial charge in [-0.1, -0.05) is 0 Å². The fraction of sp³-hybridized carbons (Fsp3) is 0.462. The highest BCUT2D eigenvalue weighted by Crippen LogP contribution is 2.18. The van der Waals surface area contributed by atoms with E-state index in [1.807, 2.05) is 12.1 Å². The van der Waals surface area contributed by atoms with Crippen LogP contribution in [0.25, 0.3) is 0 Å². The number of nitrogens with zero attached hydrogens (tertiary/aromatic N) is 2. The number of rotatable bonds is 6. The molecule has 0 unspecified atom stereocenters. The van der Waals surface area contributed by atoms with E-state index < -0.39 is 0 Å². The molecule has 1 saturated carbocycles. The lowest BCUT2D eigenvalue weighted by Gasteiger charge is -2.05. The first-order valence-corrected chi connectivity index (χ1v) is 6.13. The van der Waals surface area contributed by atoms with Crippen LogP contribution in [0.15, 0.2) is 18.3 Å². The van der Waals surface area contributed by atoms with Gasteiger partial charge in [-0.05, 0) is 30.5 Å². The normalized spacial score (nSPS) is 13.9. The Labute approximate surface area is 106 Å². The summed E-state index contributed by atoms with van der Waals surface area (Å²) in [6.45, 7) is 1.29. The molecule has 2 rings (SSSR count). The summed E-state index contributed by atoms with van der Waals surface area (Å²) in [5.41, 5.74) is 1.42. The average Bonchev–Trinajstić information content (AvgIpc) is 3.19. The molecule has 0 aromatic carbocycles. The molecule has 5 heteroatoms. The van der Waals surface area contributed by atoms with E-state index in [0.29, 0.717) is 31.2 Å². The molecular formula is C13H16N4O. The Kier molecular flexibility index (Phi) is 4.26. The average molecular weight is 244 g/mol. The molecular weight excluding hydrogens is 228 g/mol. The van der Waals surface area contributed by atoms with E-state index in [9.17, 15) is 4.79 Å². The van der Waals surface area contributed by atoms with E-state index in [1.165, 1.54) is 0 Å². The topological polar surface area (TPSA) is 77.8 Å². The van der Waals surface area contributed by atoms with Crippen molar-refractivity contribution in [3.63, 3.8) is 0 Å². The van der Waals surface area contributed by atoms with Gasteiger partial charge in [0, 0.05) is 31.7 Å². The number of hydrogen-bond donors (Lipinski definition) is 2. The number of pyridine rings is 1.